The van der Waals surface area contributed by atoms with E-state index >= 15 is 0 Å². The van der Waals surface area contributed by atoms with Gasteiger partial charge in [0.05, 0.1) is 13.0 Å². The van der Waals surface area contributed by atoms with E-state index in [0.717, 1.165) is 0 Å². The van der Waals surface area contributed by atoms with Crippen molar-refractivity contribution in [2.45, 2.75) is 12.2 Å². The lowest BCUT2D eigenvalue weighted by atomic mass is 10.2. The molecule has 0 aromatic heterocycles. The lowest BCUT2D eigenvalue weighted by Crippen LogP contribution is -2.53. The van der Waals surface area contributed by atoms with Crippen LogP contribution in [0.15, 0.2) is 0 Å². The van der Waals surface area contributed by atoms with E-state index in [1.165, 1.54) is 0 Å². The molecule has 2 saturated heterocycles. The summed E-state index contributed by atoms with van der Waals surface area (Å²) in [5.74, 6) is -1.97. The Morgan fingerprint density at radius 1 is 1.30 bits per heavy atom. The van der Waals surface area contributed by atoms with Gasteiger partial charge in [-0.15, -0.1) is 0 Å². The minimum Gasteiger partial charge on any atom is -0.460 e. The Balaban J connectivity index is 2.17. The van der Waals surface area contributed by atoms with Crippen molar-refractivity contribution in [2.75, 3.05) is 6.61 Å². The second kappa shape index (κ2) is 1.42. The molecule has 10 heavy (non-hydrogen) atoms. The Morgan fingerprint density at radius 2 is 2.00 bits per heavy atom. The van der Waals surface area contributed by atoms with Crippen LogP contribution < -0.4 is 0 Å². The molecule has 0 unspecified atom stereocenters. The summed E-state index contributed by atoms with van der Waals surface area (Å²) in [6.45, 7) is 0.256. The normalized spacial score (nSPS) is 26.8. The Morgan fingerprint density at radius 3 is 2.40 bits per heavy atom. The summed E-state index contributed by atoms with van der Waals surface area (Å²) >= 11 is 0. The van der Waals surface area contributed by atoms with Crippen LogP contribution in [0.4, 0.5) is 4.79 Å². The fraction of sp³-hybridized carbons (Fsp3) is 0.600. The van der Waals surface area contributed by atoms with Crippen LogP contribution in [0, 0.1) is 0 Å². The minimum atomic E-state index is -1.36. The second-order valence-electron chi connectivity index (χ2n) is 2.09. The molecule has 0 aromatic rings. The minimum absolute atomic E-state index is 0.256. The SMILES string of the molecule is O=C1OC2(CCOC2=O)O1. The molecule has 2 aliphatic rings. The lowest BCUT2D eigenvalue weighted by Gasteiger charge is -2.31. The smallest absolute Gasteiger partial charge is 0.460 e. The first kappa shape index (κ1) is 5.52. The van der Waals surface area contributed by atoms with E-state index in [4.69, 9.17) is 0 Å². The molecule has 0 amide bonds. The maximum Gasteiger partial charge on any atom is 0.515 e. The van der Waals surface area contributed by atoms with Gasteiger partial charge in [-0.3, -0.25) is 0 Å². The number of cyclic esters (lactones) is 1. The highest BCUT2D eigenvalue weighted by Gasteiger charge is 2.60. The molecule has 0 N–H and O–H groups in total. The Kier molecular flexibility index (Phi) is 0.783. The molecule has 0 aromatic carbocycles. The first-order valence-electron chi connectivity index (χ1n) is 2.82. The molecule has 5 heteroatoms. The summed E-state index contributed by atoms with van der Waals surface area (Å²) < 4.78 is 13.4. The van der Waals surface area contributed by atoms with E-state index in [-0.39, 0.29) is 6.61 Å². The van der Waals surface area contributed by atoms with Crippen LogP contribution in [0.5, 0.6) is 0 Å². The summed E-state index contributed by atoms with van der Waals surface area (Å²) in [7, 11) is 0. The number of hydrogen-bond donors (Lipinski definition) is 0. The largest absolute Gasteiger partial charge is 0.515 e. The van der Waals surface area contributed by atoms with Crippen LogP contribution in [0.2, 0.25) is 0 Å². The van der Waals surface area contributed by atoms with E-state index < -0.39 is 17.9 Å². The average molecular weight is 144 g/mol. The molecule has 54 valence electrons. The van der Waals surface area contributed by atoms with Crippen LogP contribution >= 0.6 is 0 Å². The summed E-state index contributed by atoms with van der Waals surface area (Å²) in [5.41, 5.74) is 0. The Bertz CT molecular complexity index is 200. The summed E-state index contributed by atoms with van der Waals surface area (Å²) in [4.78, 5) is 20.9. The van der Waals surface area contributed by atoms with E-state index in [1.54, 1.807) is 0 Å². The summed E-state index contributed by atoms with van der Waals surface area (Å²) in [6, 6.07) is 0. The monoisotopic (exact) mass is 144 g/mol. The van der Waals surface area contributed by atoms with Gasteiger partial charge < -0.3 is 14.2 Å². The number of esters is 1. The van der Waals surface area contributed by atoms with Crippen LogP contribution in [0.25, 0.3) is 0 Å². The third-order valence-corrected chi connectivity index (χ3v) is 1.47. The van der Waals surface area contributed by atoms with Gasteiger partial charge in [-0.1, -0.05) is 0 Å². The lowest BCUT2D eigenvalue weighted by molar-refractivity contribution is -0.256. The van der Waals surface area contributed by atoms with Gasteiger partial charge in [0, 0.05) is 0 Å². The van der Waals surface area contributed by atoms with Crippen LogP contribution in [-0.4, -0.2) is 24.5 Å². The van der Waals surface area contributed by atoms with Crippen molar-refractivity contribution in [3.8, 4) is 0 Å². The predicted molar refractivity (Wildman–Crippen MR) is 25.9 cm³/mol. The first-order valence-corrected chi connectivity index (χ1v) is 2.82. The second-order valence-corrected chi connectivity index (χ2v) is 2.09. The molecule has 0 bridgehead atoms. The van der Waals surface area contributed by atoms with E-state index in [2.05, 4.69) is 14.2 Å². The van der Waals surface area contributed by atoms with Crippen molar-refractivity contribution in [1.82, 2.24) is 0 Å². The molecule has 2 rings (SSSR count). The topological polar surface area (TPSA) is 61.8 Å². The van der Waals surface area contributed by atoms with Crippen molar-refractivity contribution in [2.24, 2.45) is 0 Å². The standard InChI is InChI=1S/C5H4O5/c6-3-5(1-2-8-3)9-4(7)10-5/h1-2H2. The van der Waals surface area contributed by atoms with Gasteiger partial charge in [-0.2, -0.15) is 0 Å². The third kappa shape index (κ3) is 0.470. The molecule has 0 aliphatic carbocycles. The van der Waals surface area contributed by atoms with Gasteiger partial charge in [0.1, 0.15) is 0 Å². The zero-order valence-electron chi connectivity index (χ0n) is 4.96. The van der Waals surface area contributed by atoms with E-state index in [0.29, 0.717) is 6.42 Å². The van der Waals surface area contributed by atoms with Crippen molar-refractivity contribution in [3.05, 3.63) is 0 Å². The predicted octanol–water partition coefficient (Wildman–Crippen LogP) is -0.204. The molecular weight excluding hydrogens is 140 g/mol. The van der Waals surface area contributed by atoms with Gasteiger partial charge in [0.15, 0.2) is 0 Å². The van der Waals surface area contributed by atoms with Crippen LogP contribution in [-0.2, 0) is 19.0 Å². The maximum absolute atomic E-state index is 10.7. The molecule has 5 nitrogen and oxygen atoms in total. The Labute approximate surface area is 55.9 Å². The number of ether oxygens (including phenoxy) is 3. The number of rotatable bonds is 0. The molecule has 0 atom stereocenters. The van der Waals surface area contributed by atoms with E-state index in [1.807, 2.05) is 0 Å². The number of carbonyl (C=O) groups is 2. The highest BCUT2D eigenvalue weighted by Crippen LogP contribution is 2.34. The van der Waals surface area contributed by atoms with Gasteiger partial charge in [0.25, 0.3) is 0 Å². The molecule has 0 saturated carbocycles. The zero-order valence-corrected chi connectivity index (χ0v) is 4.96. The zero-order chi connectivity index (χ0) is 7.19. The fourth-order valence-corrected chi connectivity index (χ4v) is 0.952. The van der Waals surface area contributed by atoms with Crippen molar-refractivity contribution >= 4 is 12.1 Å². The molecule has 2 heterocycles. The van der Waals surface area contributed by atoms with Crippen molar-refractivity contribution in [1.29, 1.82) is 0 Å². The van der Waals surface area contributed by atoms with Gasteiger partial charge in [0.2, 0.25) is 0 Å². The highest BCUT2D eigenvalue weighted by atomic mass is 16.9. The summed E-state index contributed by atoms with van der Waals surface area (Å²) in [6.07, 6.45) is -0.503. The molecule has 1 spiro atoms. The van der Waals surface area contributed by atoms with E-state index in [9.17, 15) is 9.59 Å². The third-order valence-electron chi connectivity index (χ3n) is 1.47. The van der Waals surface area contributed by atoms with Crippen LogP contribution in [0.3, 0.4) is 0 Å². The van der Waals surface area contributed by atoms with Gasteiger partial charge in [-0.25, -0.2) is 9.59 Å². The molecule has 2 fully saturated rings. The molecule has 0 radical (unpaired) electrons. The van der Waals surface area contributed by atoms with Crippen LogP contribution in [0.1, 0.15) is 6.42 Å². The average Bonchev–Trinajstić information content (AvgIpc) is 2.12. The first-order chi connectivity index (χ1) is 4.73. The number of hydrogen-bond acceptors (Lipinski definition) is 5. The number of carbonyl (C=O) groups excluding carboxylic acids is 2. The molecule has 2 aliphatic heterocycles. The quantitative estimate of drug-likeness (QED) is 0.440. The van der Waals surface area contributed by atoms with Crippen molar-refractivity contribution < 1.29 is 23.8 Å². The Hall–Kier alpha value is -1.26. The maximum atomic E-state index is 10.7. The van der Waals surface area contributed by atoms with Gasteiger partial charge >= 0.3 is 17.9 Å². The summed E-state index contributed by atoms with van der Waals surface area (Å²) in [5, 5.41) is 0. The van der Waals surface area contributed by atoms with Crippen molar-refractivity contribution in [3.63, 3.8) is 0 Å². The molecular formula is C5H4O5. The fourth-order valence-electron chi connectivity index (χ4n) is 0.952. The van der Waals surface area contributed by atoms with Gasteiger partial charge in [-0.05, 0) is 0 Å². The highest BCUT2D eigenvalue weighted by molar-refractivity contribution is 5.87.